The molecule has 0 fully saturated rings. The molecule has 132 valence electrons. The fourth-order valence-electron chi connectivity index (χ4n) is 2.31. The van der Waals surface area contributed by atoms with E-state index in [2.05, 4.69) is 5.16 Å². The van der Waals surface area contributed by atoms with Crippen LogP contribution in [0, 0.1) is 22.9 Å². The monoisotopic (exact) mass is 354 g/mol. The molecule has 26 heavy (non-hydrogen) atoms. The summed E-state index contributed by atoms with van der Waals surface area (Å²) in [5.74, 6) is 0.476. The number of nitrogens with zero attached hydrogens (tertiary/aromatic N) is 2. The SMILES string of the molecule is Cc1noc(/C=C/c2ccc(OCc3ccc(F)cc3)cc2)c1[N+](=O)[O-]. The van der Waals surface area contributed by atoms with Gasteiger partial charge in [-0.3, -0.25) is 10.1 Å². The molecule has 0 aliphatic heterocycles. The van der Waals surface area contributed by atoms with E-state index in [1.54, 1.807) is 30.3 Å². The standard InChI is InChI=1S/C19H15FN2O4/c1-13-19(22(23)24)18(26-21-13)11-6-14-4-9-17(10-5-14)25-12-15-2-7-16(20)8-3-15/h2-11H,12H2,1H3/b11-6+. The Kier molecular flexibility index (Phi) is 5.07. The number of benzene rings is 2. The number of hydrogen-bond acceptors (Lipinski definition) is 5. The lowest BCUT2D eigenvalue weighted by Crippen LogP contribution is -1.95. The zero-order valence-corrected chi connectivity index (χ0v) is 13.9. The van der Waals surface area contributed by atoms with E-state index in [0.717, 1.165) is 11.1 Å². The van der Waals surface area contributed by atoms with Crippen molar-refractivity contribution in [3.63, 3.8) is 0 Å². The molecule has 6 nitrogen and oxygen atoms in total. The molecular weight excluding hydrogens is 339 g/mol. The Labute approximate surface area is 148 Å². The number of rotatable bonds is 6. The van der Waals surface area contributed by atoms with Crippen LogP contribution < -0.4 is 4.74 Å². The van der Waals surface area contributed by atoms with Gasteiger partial charge >= 0.3 is 5.69 Å². The van der Waals surface area contributed by atoms with Crippen LogP contribution in [-0.4, -0.2) is 10.1 Å². The Morgan fingerprint density at radius 3 is 2.50 bits per heavy atom. The average molecular weight is 354 g/mol. The number of nitro groups is 1. The van der Waals surface area contributed by atoms with Crippen molar-refractivity contribution in [2.45, 2.75) is 13.5 Å². The molecule has 0 N–H and O–H groups in total. The van der Waals surface area contributed by atoms with Crippen LogP contribution in [0.1, 0.15) is 22.6 Å². The van der Waals surface area contributed by atoms with Gasteiger partial charge in [0.2, 0.25) is 5.76 Å². The third kappa shape index (κ3) is 4.13. The van der Waals surface area contributed by atoms with E-state index in [0.29, 0.717) is 12.4 Å². The molecule has 1 aromatic heterocycles. The maximum Gasteiger partial charge on any atom is 0.338 e. The summed E-state index contributed by atoms with van der Waals surface area (Å²) >= 11 is 0. The van der Waals surface area contributed by atoms with Gasteiger partial charge in [-0.2, -0.15) is 0 Å². The van der Waals surface area contributed by atoms with Gasteiger partial charge in [-0.1, -0.05) is 35.5 Å². The van der Waals surface area contributed by atoms with Crippen LogP contribution in [0.15, 0.2) is 53.1 Å². The largest absolute Gasteiger partial charge is 0.489 e. The van der Waals surface area contributed by atoms with E-state index in [-0.39, 0.29) is 23.0 Å². The number of hydrogen-bond donors (Lipinski definition) is 0. The van der Waals surface area contributed by atoms with Crippen molar-refractivity contribution in [1.29, 1.82) is 0 Å². The Morgan fingerprint density at radius 1 is 1.15 bits per heavy atom. The van der Waals surface area contributed by atoms with E-state index < -0.39 is 4.92 Å². The molecule has 0 saturated carbocycles. The highest BCUT2D eigenvalue weighted by molar-refractivity contribution is 5.71. The molecule has 0 bridgehead atoms. The minimum absolute atomic E-state index is 0.101. The molecule has 0 spiro atoms. The predicted molar refractivity (Wildman–Crippen MR) is 94.0 cm³/mol. The topological polar surface area (TPSA) is 78.4 Å². The van der Waals surface area contributed by atoms with Crippen LogP contribution in [0.5, 0.6) is 5.75 Å². The van der Waals surface area contributed by atoms with Crippen molar-refractivity contribution in [3.8, 4) is 5.75 Å². The van der Waals surface area contributed by atoms with Crippen molar-refractivity contribution in [1.82, 2.24) is 5.16 Å². The van der Waals surface area contributed by atoms with Gasteiger partial charge in [-0.15, -0.1) is 0 Å². The highest BCUT2D eigenvalue weighted by Crippen LogP contribution is 2.25. The smallest absolute Gasteiger partial charge is 0.338 e. The molecule has 0 aliphatic rings. The Morgan fingerprint density at radius 2 is 1.85 bits per heavy atom. The average Bonchev–Trinajstić information content (AvgIpc) is 3.01. The number of aryl methyl sites for hydroxylation is 1. The highest BCUT2D eigenvalue weighted by Gasteiger charge is 2.21. The van der Waals surface area contributed by atoms with Gasteiger partial charge in [0.15, 0.2) is 5.69 Å². The van der Waals surface area contributed by atoms with Gasteiger partial charge in [0.25, 0.3) is 0 Å². The molecule has 0 atom stereocenters. The van der Waals surface area contributed by atoms with Crippen molar-refractivity contribution in [3.05, 3.63) is 87.0 Å². The molecular formula is C19H15FN2O4. The van der Waals surface area contributed by atoms with Gasteiger partial charge in [-0.05, 0) is 48.4 Å². The summed E-state index contributed by atoms with van der Waals surface area (Å²) < 4.78 is 23.5. The van der Waals surface area contributed by atoms with Gasteiger partial charge in [0, 0.05) is 0 Å². The molecule has 0 saturated heterocycles. The third-order valence-corrected chi connectivity index (χ3v) is 3.67. The molecule has 7 heteroatoms. The number of aromatic nitrogens is 1. The lowest BCUT2D eigenvalue weighted by molar-refractivity contribution is -0.386. The second kappa shape index (κ2) is 7.60. The summed E-state index contributed by atoms with van der Waals surface area (Å²) in [4.78, 5) is 10.5. The van der Waals surface area contributed by atoms with Crippen molar-refractivity contribution >= 4 is 17.8 Å². The molecule has 3 rings (SSSR count). The highest BCUT2D eigenvalue weighted by atomic mass is 19.1. The maximum absolute atomic E-state index is 12.9. The normalized spacial score (nSPS) is 11.0. The fourth-order valence-corrected chi connectivity index (χ4v) is 2.31. The molecule has 1 heterocycles. The summed E-state index contributed by atoms with van der Waals surface area (Å²) in [6.07, 6.45) is 3.20. The first kappa shape index (κ1) is 17.3. The lowest BCUT2D eigenvalue weighted by Gasteiger charge is -2.06. The summed E-state index contributed by atoms with van der Waals surface area (Å²) in [6, 6.07) is 13.3. The van der Waals surface area contributed by atoms with Crippen LogP contribution in [-0.2, 0) is 6.61 Å². The summed E-state index contributed by atoms with van der Waals surface area (Å²) in [5.41, 5.74) is 1.78. The lowest BCUT2D eigenvalue weighted by atomic mass is 10.2. The van der Waals surface area contributed by atoms with Crippen molar-refractivity contribution in [2.75, 3.05) is 0 Å². The Hall–Kier alpha value is -3.48. The number of ether oxygens (including phenoxy) is 1. The summed E-state index contributed by atoms with van der Waals surface area (Å²) in [7, 11) is 0. The minimum Gasteiger partial charge on any atom is -0.489 e. The molecule has 0 amide bonds. The van der Waals surface area contributed by atoms with E-state index >= 15 is 0 Å². The van der Waals surface area contributed by atoms with Crippen LogP contribution >= 0.6 is 0 Å². The minimum atomic E-state index is -0.516. The third-order valence-electron chi connectivity index (χ3n) is 3.67. The van der Waals surface area contributed by atoms with Crippen molar-refractivity contribution < 1.29 is 18.6 Å². The van der Waals surface area contributed by atoms with E-state index in [1.807, 2.05) is 12.1 Å². The number of halogens is 1. The van der Waals surface area contributed by atoms with E-state index in [4.69, 9.17) is 9.26 Å². The van der Waals surface area contributed by atoms with E-state index in [9.17, 15) is 14.5 Å². The van der Waals surface area contributed by atoms with Crippen LogP contribution in [0.25, 0.3) is 12.2 Å². The second-order valence-electron chi connectivity index (χ2n) is 5.56. The zero-order valence-electron chi connectivity index (χ0n) is 13.9. The van der Waals surface area contributed by atoms with Gasteiger partial charge < -0.3 is 9.26 Å². The molecule has 3 aromatic rings. The Balaban J connectivity index is 1.64. The van der Waals surface area contributed by atoms with Gasteiger partial charge in [0.1, 0.15) is 18.2 Å². The van der Waals surface area contributed by atoms with Crippen LogP contribution in [0.2, 0.25) is 0 Å². The maximum atomic E-state index is 12.9. The Bertz CT molecular complexity index is 931. The predicted octanol–water partition coefficient (Wildman–Crippen LogP) is 4.78. The van der Waals surface area contributed by atoms with Crippen molar-refractivity contribution in [2.24, 2.45) is 0 Å². The molecule has 0 unspecified atom stereocenters. The van der Waals surface area contributed by atoms with Crippen LogP contribution in [0.3, 0.4) is 0 Å². The first-order valence-electron chi connectivity index (χ1n) is 7.79. The first-order valence-corrected chi connectivity index (χ1v) is 7.79. The fraction of sp³-hybridized carbons (Fsp3) is 0.105. The first-order chi connectivity index (χ1) is 12.5. The zero-order chi connectivity index (χ0) is 18.5. The van der Waals surface area contributed by atoms with Gasteiger partial charge in [0.05, 0.1) is 4.92 Å². The summed E-state index contributed by atoms with van der Waals surface area (Å²) in [6.45, 7) is 1.85. The molecule has 2 aromatic carbocycles. The second-order valence-corrected chi connectivity index (χ2v) is 5.56. The van der Waals surface area contributed by atoms with Gasteiger partial charge in [-0.25, -0.2) is 4.39 Å². The van der Waals surface area contributed by atoms with Crippen LogP contribution in [0.4, 0.5) is 10.1 Å². The molecule has 0 radical (unpaired) electrons. The van der Waals surface area contributed by atoms with E-state index in [1.165, 1.54) is 25.1 Å². The summed E-state index contributed by atoms with van der Waals surface area (Å²) in [5, 5.41) is 14.6. The quantitative estimate of drug-likeness (QED) is 0.470. The molecule has 0 aliphatic carbocycles.